The van der Waals surface area contributed by atoms with Crippen LogP contribution in [0.15, 0.2) is 83.2 Å². The summed E-state index contributed by atoms with van der Waals surface area (Å²) in [6.45, 7) is 2.11. The second kappa shape index (κ2) is 11.9. The van der Waals surface area contributed by atoms with Crippen LogP contribution in [0.4, 0.5) is 5.95 Å². The van der Waals surface area contributed by atoms with Gasteiger partial charge in [-0.05, 0) is 48.4 Å². The van der Waals surface area contributed by atoms with E-state index in [1.54, 1.807) is 16.8 Å². The maximum Gasteiger partial charge on any atom is 0.338 e. The number of aromatic nitrogens is 3. The Morgan fingerprint density at radius 3 is 2.51 bits per heavy atom. The van der Waals surface area contributed by atoms with Crippen molar-refractivity contribution in [1.82, 2.24) is 14.8 Å². The smallest absolute Gasteiger partial charge is 0.338 e. The number of ether oxygens (including phenoxy) is 2. The lowest BCUT2D eigenvalue weighted by Crippen LogP contribution is -2.29. The summed E-state index contributed by atoms with van der Waals surface area (Å²) in [6, 6.07) is 19.9. The standard InChI is InChI=1S/C28H23Cl3N4O3S/c1-16-24(26(36)37-2)25(17-8-11-21(12-9-17)38-14-18-7-10-20(29)13-23(18)31)35-27(32-16)33-28(34-35)39-15-19-5-3-4-6-22(19)30/h3-13,25H,14-15H2,1-2H3,(H,32,33,34). The monoisotopic (exact) mass is 600 g/mol. The van der Waals surface area contributed by atoms with E-state index < -0.39 is 12.0 Å². The van der Waals surface area contributed by atoms with Gasteiger partial charge in [-0.2, -0.15) is 4.98 Å². The summed E-state index contributed by atoms with van der Waals surface area (Å²) in [6.07, 6.45) is 0. The van der Waals surface area contributed by atoms with Crippen molar-refractivity contribution in [3.8, 4) is 5.75 Å². The van der Waals surface area contributed by atoms with Gasteiger partial charge < -0.3 is 14.8 Å². The zero-order chi connectivity index (χ0) is 27.5. The maximum atomic E-state index is 12.9. The van der Waals surface area contributed by atoms with Gasteiger partial charge >= 0.3 is 5.97 Å². The lowest BCUT2D eigenvalue weighted by molar-refractivity contribution is -0.136. The van der Waals surface area contributed by atoms with Crippen molar-refractivity contribution in [3.63, 3.8) is 0 Å². The van der Waals surface area contributed by atoms with Gasteiger partial charge in [0.1, 0.15) is 18.4 Å². The molecule has 7 nitrogen and oxygen atoms in total. The van der Waals surface area contributed by atoms with Crippen molar-refractivity contribution in [1.29, 1.82) is 0 Å². The Labute approximate surface area is 245 Å². The predicted molar refractivity (Wildman–Crippen MR) is 155 cm³/mol. The highest BCUT2D eigenvalue weighted by atomic mass is 35.5. The fourth-order valence-electron chi connectivity index (χ4n) is 4.18. The van der Waals surface area contributed by atoms with Crippen molar-refractivity contribution in [2.75, 3.05) is 12.4 Å². The van der Waals surface area contributed by atoms with Gasteiger partial charge in [-0.1, -0.05) is 83.0 Å². The molecule has 0 amide bonds. The number of allylic oxidation sites excluding steroid dienone is 1. The first-order chi connectivity index (χ1) is 18.8. The number of hydrogen-bond donors (Lipinski definition) is 1. The van der Waals surface area contributed by atoms with Gasteiger partial charge in [0.25, 0.3) is 0 Å². The summed E-state index contributed by atoms with van der Waals surface area (Å²) in [7, 11) is 1.36. The minimum Gasteiger partial charge on any atom is -0.489 e. The lowest BCUT2D eigenvalue weighted by Gasteiger charge is -2.27. The van der Waals surface area contributed by atoms with Crippen LogP contribution in [0.25, 0.3) is 0 Å². The molecule has 11 heteroatoms. The summed E-state index contributed by atoms with van der Waals surface area (Å²) in [5.74, 6) is 1.33. The van der Waals surface area contributed by atoms with Crippen LogP contribution in [-0.2, 0) is 21.9 Å². The minimum absolute atomic E-state index is 0.286. The molecule has 3 aromatic carbocycles. The van der Waals surface area contributed by atoms with Gasteiger partial charge in [0, 0.05) is 32.1 Å². The van der Waals surface area contributed by atoms with Crippen LogP contribution < -0.4 is 10.1 Å². The normalized spacial score (nSPS) is 14.5. The second-order valence-corrected chi connectivity index (χ2v) is 10.9. The number of carbonyl (C=O) groups is 1. The van der Waals surface area contributed by atoms with Crippen molar-refractivity contribution in [2.24, 2.45) is 0 Å². The molecule has 0 saturated carbocycles. The second-order valence-electron chi connectivity index (χ2n) is 8.69. The molecule has 0 spiro atoms. The van der Waals surface area contributed by atoms with Gasteiger partial charge in [0.05, 0.1) is 12.7 Å². The molecule has 0 fully saturated rings. The molecule has 1 atom stereocenters. The molecular weight excluding hydrogens is 579 g/mol. The highest BCUT2D eigenvalue weighted by Gasteiger charge is 2.35. The Kier molecular flexibility index (Phi) is 8.37. The highest BCUT2D eigenvalue weighted by Crippen LogP contribution is 2.38. The van der Waals surface area contributed by atoms with Crippen molar-refractivity contribution < 1.29 is 14.3 Å². The molecule has 1 unspecified atom stereocenters. The van der Waals surface area contributed by atoms with Gasteiger partial charge in [-0.15, -0.1) is 5.10 Å². The quantitative estimate of drug-likeness (QED) is 0.165. The average molecular weight is 602 g/mol. The maximum absolute atomic E-state index is 12.9. The predicted octanol–water partition coefficient (Wildman–Crippen LogP) is 7.57. The number of anilines is 1. The van der Waals surface area contributed by atoms with Crippen molar-refractivity contribution >= 4 is 58.5 Å². The molecule has 1 aliphatic rings. The molecule has 1 aliphatic heterocycles. The van der Waals surface area contributed by atoms with Crippen LogP contribution in [-0.4, -0.2) is 27.8 Å². The van der Waals surface area contributed by atoms with E-state index in [4.69, 9.17) is 49.4 Å². The zero-order valence-corrected chi connectivity index (χ0v) is 24.0. The Bertz CT molecular complexity index is 1560. The number of esters is 1. The Hall–Kier alpha value is -3.17. The number of nitrogens with zero attached hydrogens (tertiary/aromatic N) is 3. The van der Waals surface area contributed by atoms with Gasteiger partial charge in [-0.25, -0.2) is 9.48 Å². The number of hydrogen-bond acceptors (Lipinski definition) is 7. The minimum atomic E-state index is -0.546. The Balaban J connectivity index is 1.40. The number of carbonyl (C=O) groups excluding carboxylic acids is 1. The van der Waals surface area contributed by atoms with Gasteiger partial charge in [0.15, 0.2) is 0 Å². The zero-order valence-electron chi connectivity index (χ0n) is 21.0. The number of methoxy groups -OCH3 is 1. The number of nitrogens with one attached hydrogen (secondary N) is 1. The van der Waals surface area contributed by atoms with Crippen LogP contribution in [0.3, 0.4) is 0 Å². The third-order valence-corrected chi connectivity index (χ3v) is 8.00. The van der Waals surface area contributed by atoms with E-state index in [2.05, 4.69) is 10.3 Å². The van der Waals surface area contributed by atoms with E-state index in [-0.39, 0.29) is 6.61 Å². The largest absolute Gasteiger partial charge is 0.489 e. The van der Waals surface area contributed by atoms with E-state index in [0.29, 0.717) is 48.9 Å². The molecule has 200 valence electrons. The van der Waals surface area contributed by atoms with Crippen molar-refractivity contribution in [2.45, 2.75) is 30.5 Å². The topological polar surface area (TPSA) is 78.3 Å². The van der Waals surface area contributed by atoms with E-state index in [0.717, 1.165) is 16.7 Å². The molecule has 0 bridgehead atoms. The van der Waals surface area contributed by atoms with Gasteiger partial charge in [-0.3, -0.25) is 0 Å². The Morgan fingerprint density at radius 1 is 1.03 bits per heavy atom. The molecule has 1 aromatic heterocycles. The number of thioether (sulfide) groups is 1. The molecule has 1 N–H and O–H groups in total. The molecule has 4 aromatic rings. The van der Waals surface area contributed by atoms with Crippen LogP contribution >= 0.6 is 46.6 Å². The fraction of sp³-hybridized carbons (Fsp3) is 0.179. The number of benzene rings is 3. The van der Waals surface area contributed by atoms with E-state index in [1.165, 1.54) is 18.9 Å². The first-order valence-electron chi connectivity index (χ1n) is 11.9. The molecule has 2 heterocycles. The molecule has 0 saturated heterocycles. The summed E-state index contributed by atoms with van der Waals surface area (Å²) >= 11 is 20.0. The molecular formula is C28H23Cl3N4O3S. The van der Waals surface area contributed by atoms with E-state index >= 15 is 0 Å². The van der Waals surface area contributed by atoms with Crippen LogP contribution in [0.5, 0.6) is 5.75 Å². The average Bonchev–Trinajstić information content (AvgIpc) is 3.33. The summed E-state index contributed by atoms with van der Waals surface area (Å²) in [4.78, 5) is 17.5. The number of fused-ring (bicyclic) bond motifs is 1. The van der Waals surface area contributed by atoms with Gasteiger partial charge in [0.2, 0.25) is 11.1 Å². The van der Waals surface area contributed by atoms with Crippen LogP contribution in [0, 0.1) is 0 Å². The van der Waals surface area contributed by atoms with E-state index in [1.807, 2.05) is 61.5 Å². The molecule has 0 radical (unpaired) electrons. The molecule has 5 rings (SSSR count). The third-order valence-electron chi connectivity index (χ3n) is 6.16. The Morgan fingerprint density at radius 2 is 1.79 bits per heavy atom. The highest BCUT2D eigenvalue weighted by molar-refractivity contribution is 7.98. The number of halogens is 3. The fourth-order valence-corrected chi connectivity index (χ4v) is 5.76. The van der Waals surface area contributed by atoms with Crippen LogP contribution in [0.2, 0.25) is 15.1 Å². The summed E-state index contributed by atoms with van der Waals surface area (Å²) in [5.41, 5.74) is 3.72. The third kappa shape index (κ3) is 6.04. The first-order valence-corrected chi connectivity index (χ1v) is 14.0. The lowest BCUT2D eigenvalue weighted by atomic mass is 9.96. The first kappa shape index (κ1) is 27.4. The van der Waals surface area contributed by atoms with Crippen LogP contribution in [0.1, 0.15) is 29.7 Å². The number of rotatable bonds is 8. The summed E-state index contributed by atoms with van der Waals surface area (Å²) in [5, 5.41) is 10.3. The summed E-state index contributed by atoms with van der Waals surface area (Å²) < 4.78 is 12.8. The SMILES string of the molecule is COC(=O)C1=C(C)Nc2nc(SCc3ccccc3Cl)nn2C1c1ccc(OCc2ccc(Cl)cc2Cl)cc1. The van der Waals surface area contributed by atoms with E-state index in [9.17, 15) is 4.79 Å². The molecule has 39 heavy (non-hydrogen) atoms. The van der Waals surface area contributed by atoms with Crippen molar-refractivity contribution in [3.05, 3.63) is 110 Å². The molecule has 0 aliphatic carbocycles.